The van der Waals surface area contributed by atoms with Gasteiger partial charge in [0.05, 0.1) is 5.69 Å². The molecule has 0 radical (unpaired) electrons. The zero-order valence-electron chi connectivity index (χ0n) is 7.71. The molecule has 4 heteroatoms. The Morgan fingerprint density at radius 1 is 1.29 bits per heavy atom. The highest BCUT2D eigenvalue weighted by Gasteiger charge is 1.91. The van der Waals surface area contributed by atoms with Gasteiger partial charge in [-0.15, -0.1) is 21.6 Å². The molecule has 0 amide bonds. The Morgan fingerprint density at radius 2 is 2.21 bits per heavy atom. The van der Waals surface area contributed by atoms with E-state index >= 15 is 0 Å². The Labute approximate surface area is 86.2 Å². The van der Waals surface area contributed by atoms with Gasteiger partial charge >= 0.3 is 0 Å². The fourth-order valence-corrected chi connectivity index (χ4v) is 1.51. The molecule has 0 saturated heterocycles. The van der Waals surface area contributed by atoms with Crippen molar-refractivity contribution in [1.82, 2.24) is 4.98 Å². The molecule has 1 aromatic heterocycles. The Balaban J connectivity index is 2.18. The number of thiazole rings is 1. The number of hydrogen-bond donors (Lipinski definition) is 0. The van der Waals surface area contributed by atoms with E-state index in [1.165, 1.54) is 16.9 Å². The Bertz CT molecular complexity index is 434. The maximum Gasteiger partial charge on any atom is 0.229 e. The summed E-state index contributed by atoms with van der Waals surface area (Å²) >= 11 is 1.47. The molecule has 0 bridgehead atoms. The average molecular weight is 203 g/mol. The van der Waals surface area contributed by atoms with Gasteiger partial charge in [-0.1, -0.05) is 12.1 Å². The van der Waals surface area contributed by atoms with E-state index in [9.17, 15) is 0 Å². The third-order valence-electron chi connectivity index (χ3n) is 1.67. The zero-order chi connectivity index (χ0) is 9.80. The highest BCUT2D eigenvalue weighted by atomic mass is 32.1. The topological polar surface area (TPSA) is 37.6 Å². The minimum absolute atomic E-state index is 0.687. The number of benzene rings is 1. The second-order valence-corrected chi connectivity index (χ2v) is 3.73. The molecule has 0 saturated carbocycles. The quantitative estimate of drug-likeness (QED) is 0.683. The number of azo groups is 1. The zero-order valence-corrected chi connectivity index (χ0v) is 8.53. The van der Waals surface area contributed by atoms with Crippen molar-refractivity contribution in [2.45, 2.75) is 6.92 Å². The van der Waals surface area contributed by atoms with E-state index in [0.29, 0.717) is 5.13 Å². The van der Waals surface area contributed by atoms with Gasteiger partial charge in [0.15, 0.2) is 0 Å². The van der Waals surface area contributed by atoms with Gasteiger partial charge in [-0.05, 0) is 24.6 Å². The maximum atomic E-state index is 4.08. The summed E-state index contributed by atoms with van der Waals surface area (Å²) in [5.74, 6) is 0. The third kappa shape index (κ3) is 2.23. The van der Waals surface area contributed by atoms with Gasteiger partial charge in [0.1, 0.15) is 0 Å². The highest BCUT2D eigenvalue weighted by Crippen LogP contribution is 2.20. The monoisotopic (exact) mass is 203 g/mol. The number of aromatic nitrogens is 1. The normalized spacial score (nSPS) is 10.9. The first-order valence-corrected chi connectivity index (χ1v) is 5.10. The molecule has 0 spiro atoms. The maximum absolute atomic E-state index is 4.08. The lowest BCUT2D eigenvalue weighted by molar-refractivity contribution is 1.19. The van der Waals surface area contributed by atoms with Crippen LogP contribution in [0.5, 0.6) is 0 Å². The smallest absolute Gasteiger partial charge is 0.226 e. The van der Waals surface area contributed by atoms with Crippen molar-refractivity contribution in [2.75, 3.05) is 0 Å². The van der Waals surface area contributed by atoms with Crippen LogP contribution in [0.1, 0.15) is 5.56 Å². The minimum Gasteiger partial charge on any atom is -0.226 e. The summed E-state index contributed by atoms with van der Waals surface area (Å²) in [5.41, 5.74) is 2.04. The number of aryl methyl sites for hydroxylation is 1. The molecule has 70 valence electrons. The first-order valence-electron chi connectivity index (χ1n) is 4.22. The summed E-state index contributed by atoms with van der Waals surface area (Å²) in [6, 6.07) is 7.90. The van der Waals surface area contributed by atoms with Crippen LogP contribution in [-0.2, 0) is 0 Å². The minimum atomic E-state index is 0.687. The van der Waals surface area contributed by atoms with Crippen molar-refractivity contribution in [1.29, 1.82) is 0 Å². The van der Waals surface area contributed by atoms with Crippen molar-refractivity contribution in [3.05, 3.63) is 41.4 Å². The van der Waals surface area contributed by atoms with Crippen molar-refractivity contribution in [3.8, 4) is 0 Å². The van der Waals surface area contributed by atoms with E-state index in [4.69, 9.17) is 0 Å². The molecule has 0 aliphatic heterocycles. The van der Waals surface area contributed by atoms with Gasteiger partial charge in [0.2, 0.25) is 5.13 Å². The summed E-state index contributed by atoms with van der Waals surface area (Å²) in [6.45, 7) is 2.03. The second kappa shape index (κ2) is 4.11. The predicted octanol–water partition coefficient (Wildman–Crippen LogP) is 3.87. The molecule has 2 rings (SSSR count). The number of hydrogen-bond acceptors (Lipinski definition) is 4. The molecule has 1 aromatic carbocycles. The molecule has 0 atom stereocenters. The summed E-state index contributed by atoms with van der Waals surface area (Å²) in [4.78, 5) is 4.01. The van der Waals surface area contributed by atoms with E-state index in [0.717, 1.165) is 5.69 Å². The molecule has 3 nitrogen and oxygen atoms in total. The third-order valence-corrected chi connectivity index (χ3v) is 2.33. The van der Waals surface area contributed by atoms with Crippen molar-refractivity contribution in [3.63, 3.8) is 0 Å². The first kappa shape index (κ1) is 9.02. The molecule has 0 aliphatic rings. The standard InChI is InChI=1S/C10H9N3S/c1-8-3-2-4-9(7-8)12-13-10-11-5-6-14-10/h2-7H,1H3. The van der Waals surface area contributed by atoms with Crippen molar-refractivity contribution >= 4 is 22.2 Å². The largest absolute Gasteiger partial charge is 0.229 e. The molecule has 0 N–H and O–H groups in total. The van der Waals surface area contributed by atoms with Crippen LogP contribution in [0.25, 0.3) is 0 Å². The van der Waals surface area contributed by atoms with Gasteiger partial charge in [0, 0.05) is 11.6 Å². The molecule has 2 aromatic rings. The summed E-state index contributed by atoms with van der Waals surface area (Å²) in [6.07, 6.45) is 1.72. The van der Waals surface area contributed by atoms with Gasteiger partial charge < -0.3 is 0 Å². The van der Waals surface area contributed by atoms with E-state index in [2.05, 4.69) is 15.2 Å². The SMILES string of the molecule is Cc1cccc(N=Nc2nccs2)c1. The van der Waals surface area contributed by atoms with Gasteiger partial charge in [-0.2, -0.15) is 0 Å². The van der Waals surface area contributed by atoms with Gasteiger partial charge in [-0.3, -0.25) is 0 Å². The van der Waals surface area contributed by atoms with Crippen LogP contribution in [0.2, 0.25) is 0 Å². The number of rotatable bonds is 2. The van der Waals surface area contributed by atoms with Crippen LogP contribution in [-0.4, -0.2) is 4.98 Å². The Hall–Kier alpha value is -1.55. The van der Waals surface area contributed by atoms with Crippen LogP contribution >= 0.6 is 11.3 Å². The van der Waals surface area contributed by atoms with Crippen LogP contribution in [0, 0.1) is 6.92 Å². The fraction of sp³-hybridized carbons (Fsp3) is 0.100. The molecular weight excluding hydrogens is 194 g/mol. The van der Waals surface area contributed by atoms with Crippen LogP contribution in [0.3, 0.4) is 0 Å². The molecule has 0 unspecified atom stereocenters. The van der Waals surface area contributed by atoms with E-state index < -0.39 is 0 Å². The van der Waals surface area contributed by atoms with Crippen molar-refractivity contribution in [2.24, 2.45) is 10.2 Å². The van der Waals surface area contributed by atoms with Gasteiger partial charge in [0.25, 0.3) is 0 Å². The lowest BCUT2D eigenvalue weighted by Crippen LogP contribution is -1.68. The average Bonchev–Trinajstić information content (AvgIpc) is 2.67. The molecule has 0 fully saturated rings. The summed E-state index contributed by atoms with van der Waals surface area (Å²) in [7, 11) is 0. The molecule has 1 heterocycles. The van der Waals surface area contributed by atoms with Crippen molar-refractivity contribution < 1.29 is 0 Å². The first-order chi connectivity index (χ1) is 6.84. The molecule has 0 aliphatic carbocycles. The van der Waals surface area contributed by atoms with Crippen LogP contribution in [0.4, 0.5) is 10.8 Å². The van der Waals surface area contributed by atoms with Gasteiger partial charge in [-0.25, -0.2) is 4.98 Å². The Kier molecular flexibility index (Phi) is 2.65. The second-order valence-electron chi connectivity index (χ2n) is 2.85. The summed E-state index contributed by atoms with van der Waals surface area (Å²) < 4.78 is 0. The van der Waals surface area contributed by atoms with Crippen LogP contribution in [0.15, 0.2) is 46.1 Å². The highest BCUT2D eigenvalue weighted by molar-refractivity contribution is 7.13. The Morgan fingerprint density at radius 3 is 2.93 bits per heavy atom. The lowest BCUT2D eigenvalue weighted by atomic mass is 10.2. The van der Waals surface area contributed by atoms with E-state index in [1.54, 1.807) is 6.20 Å². The van der Waals surface area contributed by atoms with E-state index in [-0.39, 0.29) is 0 Å². The molecule has 14 heavy (non-hydrogen) atoms. The summed E-state index contributed by atoms with van der Waals surface area (Å²) in [5, 5.41) is 10.7. The van der Waals surface area contributed by atoms with Crippen LogP contribution < -0.4 is 0 Å². The predicted molar refractivity (Wildman–Crippen MR) is 57.5 cm³/mol. The lowest BCUT2D eigenvalue weighted by Gasteiger charge is -1.92. The fourth-order valence-electron chi connectivity index (χ4n) is 1.06. The molecular formula is C10H9N3S. The van der Waals surface area contributed by atoms with E-state index in [1.807, 2.05) is 36.6 Å². The number of nitrogens with zero attached hydrogens (tertiary/aromatic N) is 3.